The number of carbonyl (C=O) groups is 3. The first-order valence-electron chi connectivity index (χ1n) is 14.8. The van der Waals surface area contributed by atoms with Crippen LogP contribution in [0.5, 0.6) is 0 Å². The van der Waals surface area contributed by atoms with Crippen LogP contribution in [-0.4, -0.2) is 75.4 Å². The molecule has 4 amide bonds. The molecular weight excluding hydrogens is 496 g/mol. The second kappa shape index (κ2) is 12.3. The van der Waals surface area contributed by atoms with Crippen LogP contribution < -0.4 is 5.32 Å². The van der Waals surface area contributed by atoms with E-state index >= 15 is 0 Å². The molecular formula is C30H46N4O3S. The van der Waals surface area contributed by atoms with Gasteiger partial charge in [-0.05, 0) is 62.0 Å². The number of piperidine rings is 1. The van der Waals surface area contributed by atoms with E-state index in [-0.39, 0.29) is 35.9 Å². The van der Waals surface area contributed by atoms with E-state index in [9.17, 15) is 14.4 Å². The summed E-state index contributed by atoms with van der Waals surface area (Å²) in [5.74, 6) is 1.39. The van der Waals surface area contributed by atoms with Crippen molar-refractivity contribution in [1.29, 1.82) is 0 Å². The summed E-state index contributed by atoms with van der Waals surface area (Å²) in [6, 6.07) is 8.10. The third-order valence-electron chi connectivity index (χ3n) is 8.93. The minimum absolute atomic E-state index is 0. The van der Waals surface area contributed by atoms with Crippen LogP contribution in [0.3, 0.4) is 0 Å². The molecule has 2 unspecified atom stereocenters. The largest absolute Gasteiger partial charge is 0.342 e. The smallest absolute Gasteiger partial charge is 0.322 e. The second-order valence-electron chi connectivity index (χ2n) is 12.0. The van der Waals surface area contributed by atoms with E-state index in [0.29, 0.717) is 37.9 Å². The number of anilines is 1. The zero-order chi connectivity index (χ0) is 26.6. The van der Waals surface area contributed by atoms with Crippen LogP contribution >= 0.6 is 11.8 Å². The van der Waals surface area contributed by atoms with Crippen LogP contribution in [0.15, 0.2) is 24.3 Å². The van der Waals surface area contributed by atoms with Crippen molar-refractivity contribution in [3.8, 4) is 0 Å². The van der Waals surface area contributed by atoms with Crippen molar-refractivity contribution >= 4 is 35.3 Å². The number of para-hydroxylation sites is 1. The van der Waals surface area contributed by atoms with E-state index in [2.05, 4.69) is 30.1 Å². The van der Waals surface area contributed by atoms with Crippen molar-refractivity contribution in [3.63, 3.8) is 0 Å². The van der Waals surface area contributed by atoms with Crippen LogP contribution in [0.25, 0.3) is 0 Å². The van der Waals surface area contributed by atoms with Crippen molar-refractivity contribution in [1.82, 2.24) is 14.7 Å². The summed E-state index contributed by atoms with van der Waals surface area (Å²) >= 11 is 1.77. The fraction of sp³-hybridized carbons (Fsp3) is 0.700. The van der Waals surface area contributed by atoms with Gasteiger partial charge in [0.1, 0.15) is 0 Å². The lowest BCUT2D eigenvalue weighted by Gasteiger charge is -2.38. The van der Waals surface area contributed by atoms with E-state index in [4.69, 9.17) is 0 Å². The van der Waals surface area contributed by atoms with Crippen molar-refractivity contribution in [2.75, 3.05) is 31.5 Å². The lowest BCUT2D eigenvalue weighted by molar-refractivity contribution is -0.137. The molecule has 3 heterocycles. The van der Waals surface area contributed by atoms with Crippen molar-refractivity contribution < 1.29 is 15.8 Å². The summed E-state index contributed by atoms with van der Waals surface area (Å²) < 4.78 is 0. The van der Waals surface area contributed by atoms with Gasteiger partial charge in [0.05, 0.1) is 10.6 Å². The monoisotopic (exact) mass is 542 g/mol. The summed E-state index contributed by atoms with van der Waals surface area (Å²) in [5, 5.41) is 3.05. The molecule has 0 radical (unpaired) electrons. The third-order valence-corrected chi connectivity index (χ3v) is 10.5. The molecule has 2 atom stereocenters. The summed E-state index contributed by atoms with van der Waals surface area (Å²) in [6.07, 6.45) is 9.94. The van der Waals surface area contributed by atoms with Gasteiger partial charge < -0.3 is 20.0 Å². The molecule has 2 saturated heterocycles. The van der Waals surface area contributed by atoms with Crippen LogP contribution in [0.1, 0.15) is 78.6 Å². The van der Waals surface area contributed by atoms with Crippen molar-refractivity contribution in [2.24, 2.45) is 11.8 Å². The second-order valence-corrected chi connectivity index (χ2v) is 13.3. The number of carbonyl (C=O) groups excluding carboxylic acids is 3. The van der Waals surface area contributed by atoms with Gasteiger partial charge in [0, 0.05) is 45.8 Å². The van der Waals surface area contributed by atoms with Crippen LogP contribution in [-0.2, 0) is 16.0 Å². The maximum absolute atomic E-state index is 13.5. The quantitative estimate of drug-likeness (QED) is 0.487. The molecule has 1 aliphatic carbocycles. The van der Waals surface area contributed by atoms with E-state index in [0.717, 1.165) is 37.9 Å². The Hall–Kier alpha value is -2.22. The standard InChI is InChI=1S/C30H44N4O3S.H2/c1-21(2)12-18-34-28(36)26(38-29(34)23-9-4-3-5-10-23)20-27(35)32-16-14-24(15-17-32)33-19-13-22-8-6-7-11-25(22)31-30(33)37;/h6-8,11,21,23-24,26,29H,3-5,9-10,12-20H2,1-2H3,(H,31,37);1H. The Morgan fingerprint density at radius 1 is 1.05 bits per heavy atom. The van der Waals surface area contributed by atoms with Crippen molar-refractivity contribution in [2.45, 2.75) is 94.7 Å². The molecule has 1 aromatic carbocycles. The fourth-order valence-electron chi connectivity index (χ4n) is 6.62. The molecule has 7 nitrogen and oxygen atoms in total. The van der Waals surface area contributed by atoms with Gasteiger partial charge in [-0.2, -0.15) is 0 Å². The lowest BCUT2D eigenvalue weighted by Crippen LogP contribution is -2.50. The van der Waals surface area contributed by atoms with Gasteiger partial charge in [-0.1, -0.05) is 51.3 Å². The lowest BCUT2D eigenvalue weighted by atomic mass is 9.88. The number of hydrogen-bond acceptors (Lipinski definition) is 4. The molecule has 8 heteroatoms. The summed E-state index contributed by atoms with van der Waals surface area (Å²) in [7, 11) is 0. The molecule has 1 saturated carbocycles. The van der Waals surface area contributed by atoms with Gasteiger partial charge >= 0.3 is 6.03 Å². The number of nitrogens with one attached hydrogen (secondary N) is 1. The Morgan fingerprint density at radius 2 is 1.79 bits per heavy atom. The van der Waals surface area contributed by atoms with Crippen molar-refractivity contribution in [3.05, 3.63) is 29.8 Å². The maximum Gasteiger partial charge on any atom is 0.322 e. The number of amides is 4. The highest BCUT2D eigenvalue weighted by molar-refractivity contribution is 8.01. The highest BCUT2D eigenvalue weighted by Gasteiger charge is 2.45. The van der Waals surface area contributed by atoms with Gasteiger partial charge in [-0.15, -0.1) is 11.8 Å². The van der Waals surface area contributed by atoms with E-state index in [1.54, 1.807) is 11.8 Å². The molecule has 3 aliphatic heterocycles. The first-order chi connectivity index (χ1) is 18.4. The first-order valence-corrected chi connectivity index (χ1v) is 15.7. The molecule has 5 rings (SSSR count). The Kier molecular flexibility index (Phi) is 8.86. The highest BCUT2D eigenvalue weighted by Crippen LogP contribution is 2.43. The number of hydrogen-bond donors (Lipinski definition) is 1. The van der Waals surface area contributed by atoms with Gasteiger partial charge in [-0.3, -0.25) is 9.59 Å². The molecule has 1 N–H and O–H groups in total. The molecule has 210 valence electrons. The van der Waals surface area contributed by atoms with Gasteiger partial charge in [0.15, 0.2) is 0 Å². The summed E-state index contributed by atoms with van der Waals surface area (Å²) in [4.78, 5) is 45.8. The average molecular weight is 543 g/mol. The molecule has 0 spiro atoms. The Morgan fingerprint density at radius 3 is 2.53 bits per heavy atom. The Bertz CT molecular complexity index is 1010. The van der Waals surface area contributed by atoms with E-state index < -0.39 is 0 Å². The number of nitrogens with zero attached hydrogens (tertiary/aromatic N) is 3. The summed E-state index contributed by atoms with van der Waals surface area (Å²) in [5.41, 5.74) is 2.07. The predicted molar refractivity (Wildman–Crippen MR) is 155 cm³/mol. The minimum Gasteiger partial charge on any atom is -0.342 e. The maximum atomic E-state index is 13.5. The normalized spacial score (nSPS) is 25.5. The zero-order valence-electron chi connectivity index (χ0n) is 23.1. The third kappa shape index (κ3) is 6.16. The highest BCUT2D eigenvalue weighted by atomic mass is 32.2. The van der Waals surface area contributed by atoms with Crippen LogP contribution in [0.4, 0.5) is 10.5 Å². The number of benzene rings is 1. The number of thioether (sulfide) groups is 1. The predicted octanol–water partition coefficient (Wildman–Crippen LogP) is 5.60. The molecule has 3 fully saturated rings. The first kappa shape index (κ1) is 27.4. The van der Waals surface area contributed by atoms with Gasteiger partial charge in [-0.25, -0.2) is 4.79 Å². The topological polar surface area (TPSA) is 73.0 Å². The Labute approximate surface area is 233 Å². The van der Waals surface area contributed by atoms with Gasteiger partial charge in [0.2, 0.25) is 11.8 Å². The summed E-state index contributed by atoms with van der Waals surface area (Å²) in [6.45, 7) is 7.22. The molecule has 1 aromatic rings. The number of fused-ring (bicyclic) bond motifs is 1. The average Bonchev–Trinajstić information content (AvgIpc) is 3.12. The number of likely N-dealkylation sites (tertiary alicyclic amines) is 1. The van der Waals surface area contributed by atoms with Crippen LogP contribution in [0.2, 0.25) is 0 Å². The fourth-order valence-corrected chi connectivity index (χ4v) is 8.30. The van der Waals surface area contributed by atoms with Gasteiger partial charge in [0.25, 0.3) is 0 Å². The SMILES string of the molecule is CC(C)CCN1C(=O)C(CC(=O)N2CCC(N3CCc4ccccc4NC3=O)CC2)SC1C1CCCCC1.[HH]. The minimum atomic E-state index is -0.255. The number of urea groups is 1. The molecule has 0 bridgehead atoms. The van der Waals surface area contributed by atoms with Crippen LogP contribution in [0, 0.1) is 11.8 Å². The zero-order valence-corrected chi connectivity index (χ0v) is 23.9. The molecule has 4 aliphatic rings. The molecule has 38 heavy (non-hydrogen) atoms. The molecule has 0 aromatic heterocycles. The van der Waals surface area contributed by atoms with E-state index in [1.165, 1.54) is 37.7 Å². The number of rotatable bonds is 7. The Balaban J connectivity index is 0.00000353. The van der Waals surface area contributed by atoms with E-state index in [1.807, 2.05) is 28.0 Å².